The number of benzene rings is 2. The lowest BCUT2D eigenvalue weighted by atomic mass is 9.71. The van der Waals surface area contributed by atoms with Gasteiger partial charge >= 0.3 is 0 Å². The fourth-order valence-corrected chi connectivity index (χ4v) is 6.97. The van der Waals surface area contributed by atoms with Gasteiger partial charge in [-0.1, -0.05) is 47.3 Å². The largest absolute Gasteiger partial charge is 0.493 e. The van der Waals surface area contributed by atoms with Crippen LogP contribution < -0.4 is 20.1 Å². The molecule has 2 fully saturated rings. The van der Waals surface area contributed by atoms with Crippen molar-refractivity contribution < 1.29 is 9.47 Å². The van der Waals surface area contributed by atoms with Crippen molar-refractivity contribution in [3.63, 3.8) is 0 Å². The van der Waals surface area contributed by atoms with Crippen LogP contribution in [0.15, 0.2) is 40.9 Å². The van der Waals surface area contributed by atoms with Crippen LogP contribution in [0.25, 0.3) is 10.9 Å². The Hall–Kier alpha value is -2.42. The second kappa shape index (κ2) is 14.8. The van der Waals surface area contributed by atoms with E-state index in [1.807, 2.05) is 31.2 Å². The minimum atomic E-state index is 0.0770. The summed E-state index contributed by atoms with van der Waals surface area (Å²) in [6, 6.07) is 12.4. The number of piperidine rings is 2. The SMILES string of the molecule is COc1cc2c(NC(C)c3cccc(Br)c3)nc(C)nc2cc1OCCCCCCCN1CCC2(CCNCC2)CC1. The predicted molar refractivity (Wildman–Crippen MR) is 176 cm³/mol. The standard InChI is InChI=1S/C34H48BrN5O2/c1-25(27-10-9-11-28(35)22-27)37-33-29-23-31(41-3)32(24-30(29)38-26(2)39-33)42-21-8-6-4-5-7-18-40-19-14-34(15-20-40)12-16-36-17-13-34/h9-11,22-25,36H,4-8,12-21H2,1-3H3,(H,37,38,39). The molecule has 1 atom stereocenters. The van der Waals surface area contributed by atoms with Gasteiger partial charge in [-0.3, -0.25) is 0 Å². The van der Waals surface area contributed by atoms with E-state index in [0.29, 0.717) is 17.8 Å². The van der Waals surface area contributed by atoms with E-state index in [1.165, 1.54) is 89.7 Å². The highest BCUT2D eigenvalue weighted by Gasteiger charge is 2.35. The summed E-state index contributed by atoms with van der Waals surface area (Å²) in [6.45, 7) is 11.0. The molecule has 0 radical (unpaired) electrons. The normalized spacial score (nSPS) is 17.8. The zero-order valence-electron chi connectivity index (χ0n) is 25.7. The highest BCUT2D eigenvalue weighted by atomic mass is 79.9. The number of fused-ring (bicyclic) bond motifs is 1. The Balaban J connectivity index is 1.07. The third-order valence-electron chi connectivity index (χ3n) is 9.25. The zero-order chi connectivity index (χ0) is 29.4. The van der Waals surface area contributed by atoms with Crippen molar-refractivity contribution in [3.05, 3.63) is 52.3 Å². The Labute approximate surface area is 260 Å². The fraction of sp³-hybridized carbons (Fsp3) is 0.588. The Morgan fingerprint density at radius 3 is 2.50 bits per heavy atom. The molecule has 1 unspecified atom stereocenters. The number of aromatic nitrogens is 2. The number of hydrogen-bond donors (Lipinski definition) is 2. The van der Waals surface area contributed by atoms with Crippen molar-refractivity contribution >= 4 is 32.7 Å². The molecule has 2 N–H and O–H groups in total. The Morgan fingerprint density at radius 1 is 0.976 bits per heavy atom. The highest BCUT2D eigenvalue weighted by Crippen LogP contribution is 2.39. The van der Waals surface area contributed by atoms with Gasteiger partial charge in [0.25, 0.3) is 0 Å². The Bertz CT molecular complexity index is 1300. The van der Waals surface area contributed by atoms with Gasteiger partial charge in [-0.05, 0) is 114 Å². The quantitative estimate of drug-likeness (QED) is 0.186. The maximum Gasteiger partial charge on any atom is 0.163 e. The lowest BCUT2D eigenvalue weighted by molar-refractivity contribution is 0.0730. The second-order valence-corrected chi connectivity index (χ2v) is 13.2. The van der Waals surface area contributed by atoms with Crippen LogP contribution in [-0.2, 0) is 0 Å². The second-order valence-electron chi connectivity index (χ2n) is 12.3. The number of hydrogen-bond acceptors (Lipinski definition) is 7. The molecule has 0 amide bonds. The molecule has 2 aromatic carbocycles. The van der Waals surface area contributed by atoms with E-state index < -0.39 is 0 Å². The maximum absolute atomic E-state index is 6.21. The zero-order valence-corrected chi connectivity index (χ0v) is 27.3. The van der Waals surface area contributed by atoms with Crippen molar-refractivity contribution in [2.75, 3.05) is 51.8 Å². The van der Waals surface area contributed by atoms with Crippen molar-refractivity contribution in [2.45, 2.75) is 77.7 Å². The molecule has 0 aliphatic carbocycles. The maximum atomic E-state index is 6.21. The van der Waals surface area contributed by atoms with E-state index >= 15 is 0 Å². The fourth-order valence-electron chi connectivity index (χ4n) is 6.56. The molecule has 1 aromatic heterocycles. The van der Waals surface area contributed by atoms with Gasteiger partial charge in [0.05, 0.1) is 25.3 Å². The monoisotopic (exact) mass is 637 g/mol. The average molecular weight is 639 g/mol. The van der Waals surface area contributed by atoms with Crippen molar-refractivity contribution in [1.82, 2.24) is 20.2 Å². The number of ether oxygens (including phenoxy) is 2. The third-order valence-corrected chi connectivity index (χ3v) is 9.75. The number of nitrogens with one attached hydrogen (secondary N) is 2. The van der Waals surface area contributed by atoms with Gasteiger partial charge in [0.15, 0.2) is 11.5 Å². The van der Waals surface area contributed by atoms with Gasteiger partial charge in [0.1, 0.15) is 11.6 Å². The summed E-state index contributed by atoms with van der Waals surface area (Å²) in [5, 5.41) is 8.03. The Morgan fingerprint density at radius 2 is 1.74 bits per heavy atom. The lowest BCUT2D eigenvalue weighted by Crippen LogP contribution is -2.45. The molecule has 2 saturated heterocycles. The molecule has 5 rings (SSSR count). The summed E-state index contributed by atoms with van der Waals surface area (Å²) in [7, 11) is 1.69. The summed E-state index contributed by atoms with van der Waals surface area (Å²) >= 11 is 3.57. The highest BCUT2D eigenvalue weighted by molar-refractivity contribution is 9.10. The molecule has 8 heteroatoms. The van der Waals surface area contributed by atoms with Crippen molar-refractivity contribution in [3.8, 4) is 11.5 Å². The van der Waals surface area contributed by atoms with Gasteiger partial charge < -0.3 is 25.0 Å². The van der Waals surface area contributed by atoms with E-state index in [4.69, 9.17) is 19.4 Å². The first kappa shape index (κ1) is 31.0. The molecular weight excluding hydrogens is 590 g/mol. The molecule has 3 heterocycles. The van der Waals surface area contributed by atoms with Gasteiger partial charge in [0, 0.05) is 15.9 Å². The van der Waals surface area contributed by atoms with Gasteiger partial charge in [-0.15, -0.1) is 0 Å². The lowest BCUT2D eigenvalue weighted by Gasteiger charge is -2.44. The minimum absolute atomic E-state index is 0.0770. The first-order valence-corrected chi connectivity index (χ1v) is 16.7. The van der Waals surface area contributed by atoms with E-state index in [9.17, 15) is 0 Å². The molecule has 1 spiro atoms. The predicted octanol–water partition coefficient (Wildman–Crippen LogP) is 7.68. The number of halogens is 1. The smallest absolute Gasteiger partial charge is 0.163 e. The topological polar surface area (TPSA) is 71.5 Å². The van der Waals surface area contributed by atoms with E-state index in [-0.39, 0.29) is 6.04 Å². The van der Waals surface area contributed by atoms with Crippen LogP contribution in [-0.4, -0.2) is 61.3 Å². The summed E-state index contributed by atoms with van der Waals surface area (Å²) < 4.78 is 13.0. The van der Waals surface area contributed by atoms with E-state index in [2.05, 4.69) is 50.5 Å². The molecule has 2 aliphatic heterocycles. The number of anilines is 1. The van der Waals surface area contributed by atoms with Crippen LogP contribution in [0.1, 0.15) is 82.1 Å². The van der Waals surface area contributed by atoms with Crippen LogP contribution in [0.3, 0.4) is 0 Å². The minimum Gasteiger partial charge on any atom is -0.493 e. The Kier molecular flexibility index (Phi) is 11.0. The van der Waals surface area contributed by atoms with Crippen LogP contribution in [0, 0.1) is 12.3 Å². The number of methoxy groups -OCH3 is 1. The van der Waals surface area contributed by atoms with Crippen LogP contribution in [0.5, 0.6) is 11.5 Å². The molecule has 0 saturated carbocycles. The van der Waals surface area contributed by atoms with Crippen LogP contribution >= 0.6 is 15.9 Å². The van der Waals surface area contributed by atoms with Crippen molar-refractivity contribution in [1.29, 1.82) is 0 Å². The summed E-state index contributed by atoms with van der Waals surface area (Å²) in [6.07, 6.45) is 11.7. The summed E-state index contributed by atoms with van der Waals surface area (Å²) in [5.41, 5.74) is 2.68. The van der Waals surface area contributed by atoms with Crippen LogP contribution in [0.4, 0.5) is 5.82 Å². The third kappa shape index (κ3) is 8.14. The molecule has 0 bridgehead atoms. The molecule has 42 heavy (non-hydrogen) atoms. The number of rotatable bonds is 13. The molecule has 2 aliphatic rings. The molecule has 228 valence electrons. The summed E-state index contributed by atoms with van der Waals surface area (Å²) in [4.78, 5) is 12.1. The average Bonchev–Trinajstić information content (AvgIpc) is 2.99. The van der Waals surface area contributed by atoms with Gasteiger partial charge in [-0.2, -0.15) is 0 Å². The van der Waals surface area contributed by atoms with Crippen LogP contribution in [0.2, 0.25) is 0 Å². The molecule has 7 nitrogen and oxygen atoms in total. The molecule has 3 aromatic rings. The first-order chi connectivity index (χ1) is 20.4. The number of likely N-dealkylation sites (tertiary alicyclic amines) is 1. The molecular formula is C34H48BrN5O2. The number of nitrogens with zero attached hydrogens (tertiary/aromatic N) is 3. The number of unbranched alkanes of at least 4 members (excludes halogenated alkanes) is 4. The van der Waals surface area contributed by atoms with Gasteiger partial charge in [-0.25, -0.2) is 9.97 Å². The van der Waals surface area contributed by atoms with Gasteiger partial charge in [0.2, 0.25) is 0 Å². The number of aryl methyl sites for hydroxylation is 1. The summed E-state index contributed by atoms with van der Waals surface area (Å²) in [5.74, 6) is 2.97. The first-order valence-electron chi connectivity index (χ1n) is 15.9. The van der Waals surface area contributed by atoms with E-state index in [0.717, 1.165) is 39.2 Å². The van der Waals surface area contributed by atoms with E-state index in [1.54, 1.807) is 7.11 Å². The van der Waals surface area contributed by atoms with Crippen molar-refractivity contribution in [2.24, 2.45) is 5.41 Å².